The van der Waals surface area contributed by atoms with E-state index in [1.807, 2.05) is 65.0 Å². The van der Waals surface area contributed by atoms with Gasteiger partial charge in [0, 0.05) is 34.9 Å². The van der Waals surface area contributed by atoms with Crippen LogP contribution in [0.2, 0.25) is 10.0 Å². The number of hydrogen-bond acceptors (Lipinski definition) is 2. The van der Waals surface area contributed by atoms with Crippen LogP contribution in [0, 0.1) is 11.3 Å². The minimum absolute atomic E-state index is 0.0255. The lowest BCUT2D eigenvalue weighted by Crippen LogP contribution is -2.57. The predicted octanol–water partition coefficient (Wildman–Crippen LogP) is 7.71. The average molecular weight is 564 g/mol. The van der Waals surface area contributed by atoms with Gasteiger partial charge in [-0.05, 0) is 81.7 Å². The van der Waals surface area contributed by atoms with Gasteiger partial charge in [-0.1, -0.05) is 66.5 Å². The number of benzene rings is 2. The topological polar surface area (TPSA) is 40.6 Å². The second-order valence-electron chi connectivity index (χ2n) is 10.7. The minimum atomic E-state index is -1.08. The highest BCUT2D eigenvalue weighted by Crippen LogP contribution is 2.48. The van der Waals surface area contributed by atoms with Gasteiger partial charge in [0.25, 0.3) is 0 Å². The van der Waals surface area contributed by atoms with E-state index in [2.05, 4.69) is 32.3 Å². The standard InChI is InChI=1S/C24H35ClN2O2S.C6H5Cl/c1-6-14-24(4)15-13-21(18-9-11-20(25)12-10-18)27(23(24)28)22(19-7-8-19)16-26(17(2)3)30(5)29;7-6-4-2-1-3-5-6/h6,9-12,17,19,21-22H,1,7-8,13-16H2,2-5H3;1-5H/t21-,22?,24-,30?;/m0./s1. The van der Waals surface area contributed by atoms with E-state index >= 15 is 0 Å². The molecule has 2 fully saturated rings. The summed E-state index contributed by atoms with van der Waals surface area (Å²) in [6.07, 6.45) is 8.29. The maximum absolute atomic E-state index is 13.9. The fourth-order valence-electron chi connectivity index (χ4n) is 5.21. The van der Waals surface area contributed by atoms with Crippen LogP contribution in [0.3, 0.4) is 0 Å². The highest BCUT2D eigenvalue weighted by atomic mass is 35.5. The fraction of sp³-hybridized carbons (Fsp3) is 0.500. The van der Waals surface area contributed by atoms with Crippen LogP contribution in [0.25, 0.3) is 0 Å². The van der Waals surface area contributed by atoms with Gasteiger partial charge in [-0.2, -0.15) is 0 Å². The zero-order valence-corrected chi connectivity index (χ0v) is 24.7. The summed E-state index contributed by atoms with van der Waals surface area (Å²) in [6, 6.07) is 17.6. The molecule has 1 amide bonds. The molecule has 4 rings (SSSR count). The Morgan fingerprint density at radius 2 is 1.68 bits per heavy atom. The molecule has 202 valence electrons. The van der Waals surface area contributed by atoms with E-state index in [0.29, 0.717) is 23.9 Å². The van der Waals surface area contributed by atoms with Crippen molar-refractivity contribution in [1.82, 2.24) is 9.21 Å². The smallest absolute Gasteiger partial charge is 0.229 e. The van der Waals surface area contributed by atoms with Crippen LogP contribution >= 0.6 is 23.2 Å². The van der Waals surface area contributed by atoms with Crippen LogP contribution in [0.5, 0.6) is 0 Å². The summed E-state index contributed by atoms with van der Waals surface area (Å²) in [5, 5.41) is 1.50. The van der Waals surface area contributed by atoms with Crippen LogP contribution in [-0.4, -0.2) is 44.2 Å². The SMILES string of the molecule is C=CC[C@@]1(C)CC[C@@H](c2ccc(Cl)cc2)N(C(CN(C(C)C)S(C)=O)C2CC2)C1=O.Clc1ccccc1. The number of amides is 1. The van der Waals surface area contributed by atoms with Crippen molar-refractivity contribution in [3.05, 3.63) is 82.9 Å². The number of likely N-dealkylation sites (tertiary alicyclic amines) is 1. The van der Waals surface area contributed by atoms with Gasteiger partial charge < -0.3 is 4.90 Å². The van der Waals surface area contributed by atoms with Crippen molar-refractivity contribution in [2.24, 2.45) is 11.3 Å². The first kappa shape index (κ1) is 29.9. The lowest BCUT2D eigenvalue weighted by atomic mass is 9.74. The lowest BCUT2D eigenvalue weighted by Gasteiger charge is -2.49. The summed E-state index contributed by atoms with van der Waals surface area (Å²) in [4.78, 5) is 16.1. The summed E-state index contributed by atoms with van der Waals surface area (Å²) >= 11 is 11.7. The van der Waals surface area contributed by atoms with Gasteiger partial charge in [-0.15, -0.1) is 6.58 Å². The van der Waals surface area contributed by atoms with Gasteiger partial charge >= 0.3 is 0 Å². The third-order valence-electron chi connectivity index (χ3n) is 7.44. The van der Waals surface area contributed by atoms with E-state index in [-0.39, 0.29) is 24.0 Å². The summed E-state index contributed by atoms with van der Waals surface area (Å²) in [5.41, 5.74) is 0.707. The van der Waals surface area contributed by atoms with E-state index in [1.54, 1.807) is 6.26 Å². The van der Waals surface area contributed by atoms with Crippen molar-refractivity contribution in [3.8, 4) is 0 Å². The third kappa shape index (κ3) is 7.92. The largest absolute Gasteiger partial charge is 0.331 e. The van der Waals surface area contributed by atoms with Crippen molar-refractivity contribution < 1.29 is 9.00 Å². The molecule has 37 heavy (non-hydrogen) atoms. The number of piperidine rings is 1. The molecule has 2 aliphatic rings. The molecule has 2 aromatic rings. The normalized spacial score (nSPS) is 23.4. The van der Waals surface area contributed by atoms with E-state index < -0.39 is 16.4 Å². The molecule has 0 N–H and O–H groups in total. The molecule has 4 atom stereocenters. The number of halogens is 2. The van der Waals surface area contributed by atoms with Gasteiger partial charge in [-0.25, -0.2) is 8.51 Å². The van der Waals surface area contributed by atoms with Gasteiger partial charge in [0.05, 0.1) is 22.4 Å². The first-order valence-electron chi connectivity index (χ1n) is 13.1. The molecule has 1 aliphatic heterocycles. The zero-order valence-electron chi connectivity index (χ0n) is 22.4. The van der Waals surface area contributed by atoms with Crippen LogP contribution in [0.15, 0.2) is 67.3 Å². The molecule has 4 nitrogen and oxygen atoms in total. The predicted molar refractivity (Wildman–Crippen MR) is 157 cm³/mol. The summed E-state index contributed by atoms with van der Waals surface area (Å²) in [7, 11) is -1.08. The molecule has 0 spiro atoms. The van der Waals surface area contributed by atoms with E-state index in [0.717, 1.165) is 36.3 Å². The van der Waals surface area contributed by atoms with E-state index in [4.69, 9.17) is 23.2 Å². The Hall–Kier alpha value is -1.66. The molecule has 2 unspecified atom stereocenters. The molecule has 1 saturated carbocycles. The first-order valence-corrected chi connectivity index (χ1v) is 15.3. The van der Waals surface area contributed by atoms with Crippen LogP contribution < -0.4 is 0 Å². The Morgan fingerprint density at radius 3 is 2.14 bits per heavy atom. The lowest BCUT2D eigenvalue weighted by molar-refractivity contribution is -0.154. The Balaban J connectivity index is 0.000000468. The third-order valence-corrected chi connectivity index (χ3v) is 9.17. The quantitative estimate of drug-likeness (QED) is 0.293. The maximum Gasteiger partial charge on any atom is 0.229 e. The summed E-state index contributed by atoms with van der Waals surface area (Å²) in [5.74, 6) is 0.677. The molecule has 2 aromatic carbocycles. The summed E-state index contributed by atoms with van der Waals surface area (Å²) < 4.78 is 14.5. The van der Waals surface area contributed by atoms with Crippen molar-refractivity contribution in [3.63, 3.8) is 0 Å². The average Bonchev–Trinajstić information content (AvgIpc) is 3.69. The molecule has 1 aliphatic carbocycles. The molecule has 1 saturated heterocycles. The molecule has 1 heterocycles. The number of allylic oxidation sites excluding steroid dienone is 1. The second-order valence-corrected chi connectivity index (χ2v) is 12.9. The van der Waals surface area contributed by atoms with Crippen LogP contribution in [-0.2, 0) is 15.8 Å². The maximum atomic E-state index is 13.9. The monoisotopic (exact) mass is 562 g/mol. The second kappa shape index (κ2) is 13.4. The Kier molecular flexibility index (Phi) is 10.8. The highest BCUT2D eigenvalue weighted by Gasteiger charge is 2.50. The number of carbonyl (C=O) groups is 1. The zero-order chi connectivity index (χ0) is 27.2. The number of carbonyl (C=O) groups excluding carboxylic acids is 1. The van der Waals surface area contributed by atoms with Gasteiger partial charge in [0.1, 0.15) is 0 Å². The minimum Gasteiger partial charge on any atom is -0.331 e. The molecular formula is C30H40Cl2N2O2S. The number of nitrogens with zero attached hydrogens (tertiary/aromatic N) is 2. The van der Waals surface area contributed by atoms with Gasteiger partial charge in [0.15, 0.2) is 0 Å². The Bertz CT molecular complexity index is 1060. The number of rotatable bonds is 9. The van der Waals surface area contributed by atoms with Crippen molar-refractivity contribution >= 4 is 40.1 Å². The number of hydrogen-bond donors (Lipinski definition) is 0. The fourth-order valence-corrected chi connectivity index (χ4v) is 6.44. The van der Waals surface area contributed by atoms with Gasteiger partial charge in [-0.3, -0.25) is 4.79 Å². The van der Waals surface area contributed by atoms with Crippen molar-refractivity contribution in [2.45, 2.75) is 71.0 Å². The van der Waals surface area contributed by atoms with Crippen LogP contribution in [0.4, 0.5) is 0 Å². The molecule has 0 aromatic heterocycles. The highest BCUT2D eigenvalue weighted by molar-refractivity contribution is 7.81. The summed E-state index contributed by atoms with van der Waals surface area (Å²) in [6.45, 7) is 10.8. The first-order chi connectivity index (χ1) is 17.6. The molecule has 7 heteroatoms. The van der Waals surface area contributed by atoms with E-state index in [9.17, 15) is 9.00 Å². The van der Waals surface area contributed by atoms with Crippen molar-refractivity contribution in [1.29, 1.82) is 0 Å². The van der Waals surface area contributed by atoms with Crippen LogP contribution in [0.1, 0.15) is 64.5 Å². The Labute approximate surface area is 235 Å². The molecule has 0 radical (unpaired) electrons. The van der Waals surface area contributed by atoms with E-state index in [1.165, 1.54) is 0 Å². The Morgan fingerprint density at radius 1 is 1.08 bits per heavy atom. The molecule has 0 bridgehead atoms. The van der Waals surface area contributed by atoms with Gasteiger partial charge in [0.2, 0.25) is 5.91 Å². The van der Waals surface area contributed by atoms with Crippen molar-refractivity contribution in [2.75, 3.05) is 12.8 Å². The molecular weight excluding hydrogens is 523 g/mol.